The number of rotatable bonds is 7. The van der Waals surface area contributed by atoms with E-state index in [0.717, 1.165) is 0 Å². The van der Waals surface area contributed by atoms with Crippen molar-refractivity contribution in [1.29, 1.82) is 0 Å². The minimum absolute atomic E-state index is 0.143. The quantitative estimate of drug-likeness (QED) is 0.817. The second kappa shape index (κ2) is 7.98. The number of benzene rings is 1. The average molecular weight is 348 g/mol. The second-order valence-electron chi connectivity index (χ2n) is 5.28. The van der Waals surface area contributed by atoms with Crippen LogP contribution in [0.4, 0.5) is 0 Å². The van der Waals surface area contributed by atoms with Gasteiger partial charge in [-0.05, 0) is 30.7 Å². The van der Waals surface area contributed by atoms with E-state index < -0.39 is 10.0 Å². The summed E-state index contributed by atoms with van der Waals surface area (Å²) in [5.74, 6) is -0.217. The Bertz CT molecular complexity index is 777. The summed E-state index contributed by atoms with van der Waals surface area (Å²) in [5, 5.41) is 0. The Balaban J connectivity index is 2.08. The molecule has 1 N–H and O–H groups in total. The van der Waals surface area contributed by atoms with Gasteiger partial charge in [-0.15, -0.1) is 0 Å². The Morgan fingerprint density at radius 1 is 1.21 bits per heavy atom. The second-order valence-corrected chi connectivity index (χ2v) is 7.05. The van der Waals surface area contributed by atoms with Gasteiger partial charge in [0.2, 0.25) is 10.0 Å². The van der Waals surface area contributed by atoms with Gasteiger partial charge in [-0.2, -0.15) is 0 Å². The maximum absolute atomic E-state index is 12.4. The van der Waals surface area contributed by atoms with Crippen molar-refractivity contribution in [2.75, 3.05) is 13.6 Å². The molecule has 8 heteroatoms. The van der Waals surface area contributed by atoms with Gasteiger partial charge in [-0.25, -0.2) is 13.1 Å². The Labute approximate surface area is 141 Å². The van der Waals surface area contributed by atoms with E-state index in [2.05, 4.69) is 14.7 Å². The van der Waals surface area contributed by atoms with E-state index in [1.54, 1.807) is 25.6 Å². The molecule has 0 aliphatic heterocycles. The smallest absolute Gasteiger partial charge is 0.253 e. The zero-order chi connectivity index (χ0) is 17.6. The van der Waals surface area contributed by atoms with Crippen LogP contribution < -0.4 is 4.72 Å². The largest absolute Gasteiger partial charge is 0.336 e. The molecule has 0 saturated carbocycles. The van der Waals surface area contributed by atoms with Gasteiger partial charge in [0.25, 0.3) is 5.91 Å². The van der Waals surface area contributed by atoms with Crippen LogP contribution in [0.15, 0.2) is 47.8 Å². The Morgan fingerprint density at radius 3 is 2.50 bits per heavy atom. The Morgan fingerprint density at radius 2 is 1.92 bits per heavy atom. The van der Waals surface area contributed by atoms with Crippen LogP contribution >= 0.6 is 0 Å². The lowest BCUT2D eigenvalue weighted by Crippen LogP contribution is -2.27. The van der Waals surface area contributed by atoms with Gasteiger partial charge < -0.3 is 4.90 Å². The molecule has 0 bridgehead atoms. The van der Waals surface area contributed by atoms with E-state index in [0.29, 0.717) is 30.8 Å². The lowest BCUT2D eigenvalue weighted by molar-refractivity contribution is 0.0783. The normalized spacial score (nSPS) is 11.2. The third-order valence-electron chi connectivity index (χ3n) is 3.32. The average Bonchev–Trinajstić information content (AvgIpc) is 2.60. The SMILES string of the molecule is CCCNS(=O)(=O)c1ccc(C(=O)N(C)Cc2cnccn2)cc1. The first-order valence-electron chi connectivity index (χ1n) is 7.54. The fourth-order valence-electron chi connectivity index (χ4n) is 2.04. The lowest BCUT2D eigenvalue weighted by Gasteiger charge is -2.16. The van der Waals surface area contributed by atoms with Gasteiger partial charge in [0.05, 0.1) is 23.3 Å². The summed E-state index contributed by atoms with van der Waals surface area (Å²) in [6.07, 6.45) is 5.44. The van der Waals surface area contributed by atoms with Gasteiger partial charge in [0.1, 0.15) is 0 Å². The summed E-state index contributed by atoms with van der Waals surface area (Å²) in [6, 6.07) is 5.88. The molecule has 2 rings (SSSR count). The maximum Gasteiger partial charge on any atom is 0.253 e. The molecule has 1 aromatic carbocycles. The third kappa shape index (κ3) is 4.59. The highest BCUT2D eigenvalue weighted by atomic mass is 32.2. The molecule has 0 aliphatic carbocycles. The van der Waals surface area contributed by atoms with Gasteiger partial charge in [0, 0.05) is 31.5 Å². The van der Waals surface area contributed by atoms with Crippen LogP contribution in [0.25, 0.3) is 0 Å². The monoisotopic (exact) mass is 348 g/mol. The molecule has 1 amide bonds. The molecule has 0 atom stereocenters. The summed E-state index contributed by atoms with van der Waals surface area (Å²) in [7, 11) is -1.87. The molecular weight excluding hydrogens is 328 g/mol. The molecular formula is C16H20N4O3S. The van der Waals surface area contributed by atoms with Gasteiger partial charge in [0.15, 0.2) is 0 Å². The maximum atomic E-state index is 12.4. The molecule has 0 saturated heterocycles. The van der Waals surface area contributed by atoms with Gasteiger partial charge in [-0.1, -0.05) is 6.92 Å². The van der Waals surface area contributed by atoms with Crippen LogP contribution in [0, 0.1) is 0 Å². The zero-order valence-electron chi connectivity index (χ0n) is 13.6. The number of hydrogen-bond donors (Lipinski definition) is 1. The predicted octanol–water partition coefficient (Wildman–Crippen LogP) is 1.44. The molecule has 0 aliphatic rings. The van der Waals surface area contributed by atoms with Crippen LogP contribution in [-0.2, 0) is 16.6 Å². The number of nitrogens with zero attached hydrogens (tertiary/aromatic N) is 3. The van der Waals surface area contributed by atoms with E-state index in [-0.39, 0.29) is 10.8 Å². The molecule has 24 heavy (non-hydrogen) atoms. The van der Waals surface area contributed by atoms with E-state index in [1.807, 2.05) is 6.92 Å². The van der Waals surface area contributed by atoms with Gasteiger partial charge >= 0.3 is 0 Å². The minimum Gasteiger partial charge on any atom is -0.336 e. The fourth-order valence-corrected chi connectivity index (χ4v) is 3.18. The fraction of sp³-hybridized carbons (Fsp3) is 0.312. The van der Waals surface area contributed by atoms with Crippen molar-refractivity contribution in [3.8, 4) is 0 Å². The van der Waals surface area contributed by atoms with Crippen molar-refractivity contribution in [2.45, 2.75) is 24.8 Å². The summed E-state index contributed by atoms with van der Waals surface area (Å²) < 4.78 is 26.5. The summed E-state index contributed by atoms with van der Waals surface area (Å²) in [6.45, 7) is 2.59. The van der Waals surface area contributed by atoms with Crippen LogP contribution in [0.5, 0.6) is 0 Å². The Hall–Kier alpha value is -2.32. The number of nitrogens with one attached hydrogen (secondary N) is 1. The van der Waals surface area contributed by atoms with Crippen LogP contribution in [0.2, 0.25) is 0 Å². The van der Waals surface area contributed by atoms with Crippen molar-refractivity contribution in [3.63, 3.8) is 0 Å². The predicted molar refractivity (Wildman–Crippen MR) is 89.8 cm³/mol. The van der Waals surface area contributed by atoms with Crippen LogP contribution in [0.1, 0.15) is 29.4 Å². The van der Waals surface area contributed by atoms with Crippen molar-refractivity contribution in [3.05, 3.63) is 54.1 Å². The van der Waals surface area contributed by atoms with Crippen LogP contribution in [0.3, 0.4) is 0 Å². The number of hydrogen-bond acceptors (Lipinski definition) is 5. The first-order chi connectivity index (χ1) is 11.4. The topological polar surface area (TPSA) is 92.3 Å². The first-order valence-corrected chi connectivity index (χ1v) is 9.02. The standard InChI is InChI=1S/C16H20N4O3S/c1-3-8-19-24(22,23)15-6-4-13(5-7-15)16(21)20(2)12-14-11-17-9-10-18-14/h4-7,9-11,19H,3,8,12H2,1-2H3. The van der Waals surface area contributed by atoms with Gasteiger partial charge in [-0.3, -0.25) is 14.8 Å². The van der Waals surface area contributed by atoms with Crippen molar-refractivity contribution in [1.82, 2.24) is 19.6 Å². The van der Waals surface area contributed by atoms with Crippen molar-refractivity contribution in [2.24, 2.45) is 0 Å². The van der Waals surface area contributed by atoms with Crippen molar-refractivity contribution < 1.29 is 13.2 Å². The molecule has 7 nitrogen and oxygen atoms in total. The molecule has 0 fully saturated rings. The van der Waals surface area contributed by atoms with Crippen molar-refractivity contribution >= 4 is 15.9 Å². The molecule has 0 radical (unpaired) electrons. The minimum atomic E-state index is -3.53. The summed E-state index contributed by atoms with van der Waals surface area (Å²) in [4.78, 5) is 22.1. The molecule has 1 aromatic heterocycles. The number of carbonyl (C=O) groups is 1. The highest BCUT2D eigenvalue weighted by Crippen LogP contribution is 2.12. The zero-order valence-corrected chi connectivity index (χ0v) is 14.5. The lowest BCUT2D eigenvalue weighted by atomic mass is 10.2. The van der Waals surface area contributed by atoms with E-state index in [1.165, 1.54) is 29.2 Å². The molecule has 1 heterocycles. The molecule has 0 spiro atoms. The summed E-state index contributed by atoms with van der Waals surface area (Å²) >= 11 is 0. The number of carbonyl (C=O) groups excluding carboxylic acids is 1. The first kappa shape index (κ1) is 18.0. The molecule has 128 valence electrons. The van der Waals surface area contributed by atoms with E-state index in [4.69, 9.17) is 0 Å². The molecule has 2 aromatic rings. The van der Waals surface area contributed by atoms with Crippen LogP contribution in [-0.4, -0.2) is 42.8 Å². The summed E-state index contributed by atoms with van der Waals surface area (Å²) in [5.41, 5.74) is 1.09. The van der Waals surface area contributed by atoms with E-state index >= 15 is 0 Å². The molecule has 0 unspecified atom stereocenters. The number of aromatic nitrogens is 2. The number of amides is 1. The third-order valence-corrected chi connectivity index (χ3v) is 4.79. The number of sulfonamides is 1. The Kier molecular flexibility index (Phi) is 5.99. The highest BCUT2D eigenvalue weighted by molar-refractivity contribution is 7.89. The van der Waals surface area contributed by atoms with E-state index in [9.17, 15) is 13.2 Å². The highest BCUT2D eigenvalue weighted by Gasteiger charge is 2.16.